The van der Waals surface area contributed by atoms with Crippen molar-refractivity contribution in [3.05, 3.63) is 40.8 Å². The fourth-order valence-electron chi connectivity index (χ4n) is 2.79. The SMILES string of the molecule is Cc1cc(Cn2nnc3c(-c4cc(OC(F)(F)F)cs4)nc(N)nc32)ccc1N. The number of benzene rings is 1. The highest BCUT2D eigenvalue weighted by Gasteiger charge is 2.31. The largest absolute Gasteiger partial charge is 0.573 e. The van der Waals surface area contributed by atoms with Crippen molar-refractivity contribution in [1.82, 2.24) is 25.0 Å². The molecule has 4 rings (SSSR count). The number of ether oxygens (including phenoxy) is 1. The third-order valence-electron chi connectivity index (χ3n) is 4.09. The first-order valence-electron chi connectivity index (χ1n) is 8.26. The zero-order valence-electron chi connectivity index (χ0n) is 14.9. The van der Waals surface area contributed by atoms with Crippen LogP contribution in [0.4, 0.5) is 24.8 Å². The van der Waals surface area contributed by atoms with Crippen molar-refractivity contribution < 1.29 is 17.9 Å². The molecule has 3 heterocycles. The molecule has 29 heavy (non-hydrogen) atoms. The Morgan fingerprint density at radius 3 is 2.69 bits per heavy atom. The van der Waals surface area contributed by atoms with E-state index in [0.29, 0.717) is 28.3 Å². The molecule has 150 valence electrons. The minimum atomic E-state index is -4.78. The van der Waals surface area contributed by atoms with E-state index in [4.69, 9.17) is 11.5 Å². The molecule has 0 fully saturated rings. The number of hydrogen-bond acceptors (Lipinski definition) is 8. The fourth-order valence-corrected chi connectivity index (χ4v) is 3.59. The highest BCUT2D eigenvalue weighted by Crippen LogP contribution is 2.35. The molecule has 8 nitrogen and oxygen atoms in total. The van der Waals surface area contributed by atoms with Gasteiger partial charge in [-0.1, -0.05) is 17.3 Å². The Labute approximate surface area is 165 Å². The van der Waals surface area contributed by atoms with Crippen LogP contribution in [0.25, 0.3) is 21.7 Å². The van der Waals surface area contributed by atoms with E-state index in [1.165, 1.54) is 11.4 Å². The lowest BCUT2D eigenvalue weighted by molar-refractivity contribution is -0.274. The number of hydrogen-bond donors (Lipinski definition) is 2. The van der Waals surface area contributed by atoms with Gasteiger partial charge in [0.2, 0.25) is 5.95 Å². The third-order valence-corrected chi connectivity index (χ3v) is 5.00. The van der Waals surface area contributed by atoms with Crippen LogP contribution in [0.3, 0.4) is 0 Å². The molecule has 0 atom stereocenters. The molecule has 3 aromatic heterocycles. The molecule has 0 radical (unpaired) electrons. The number of fused-ring (bicyclic) bond motifs is 1. The van der Waals surface area contributed by atoms with Gasteiger partial charge in [-0.2, -0.15) is 4.98 Å². The molecule has 0 bridgehead atoms. The summed E-state index contributed by atoms with van der Waals surface area (Å²) in [6.07, 6.45) is -4.78. The Kier molecular flexibility index (Phi) is 4.49. The first-order chi connectivity index (χ1) is 13.7. The quantitative estimate of drug-likeness (QED) is 0.485. The van der Waals surface area contributed by atoms with Crippen LogP contribution in [0, 0.1) is 6.92 Å². The van der Waals surface area contributed by atoms with Crippen molar-refractivity contribution >= 4 is 34.1 Å². The van der Waals surface area contributed by atoms with Gasteiger partial charge in [-0.05, 0) is 24.1 Å². The number of aryl methyl sites for hydroxylation is 1. The van der Waals surface area contributed by atoms with Gasteiger partial charge in [-0.25, -0.2) is 9.67 Å². The number of halogens is 3. The van der Waals surface area contributed by atoms with E-state index in [9.17, 15) is 13.2 Å². The van der Waals surface area contributed by atoms with Crippen LogP contribution in [0.2, 0.25) is 0 Å². The van der Waals surface area contributed by atoms with Crippen molar-refractivity contribution in [3.63, 3.8) is 0 Å². The molecule has 0 aliphatic rings. The Bertz CT molecular complexity index is 1200. The lowest BCUT2D eigenvalue weighted by atomic mass is 10.1. The summed E-state index contributed by atoms with van der Waals surface area (Å²) in [5, 5.41) is 9.45. The number of nitrogen functional groups attached to an aromatic ring is 2. The highest BCUT2D eigenvalue weighted by atomic mass is 32.1. The zero-order valence-corrected chi connectivity index (χ0v) is 15.8. The van der Waals surface area contributed by atoms with E-state index < -0.39 is 6.36 Å². The van der Waals surface area contributed by atoms with Crippen LogP contribution in [-0.4, -0.2) is 31.3 Å². The van der Waals surface area contributed by atoms with Gasteiger partial charge >= 0.3 is 6.36 Å². The van der Waals surface area contributed by atoms with E-state index in [1.54, 1.807) is 10.7 Å². The molecule has 0 spiro atoms. The molecule has 4 aromatic rings. The number of anilines is 2. The minimum absolute atomic E-state index is 0.0452. The summed E-state index contributed by atoms with van der Waals surface area (Å²) < 4.78 is 42.8. The van der Waals surface area contributed by atoms with Crippen LogP contribution in [0.5, 0.6) is 5.75 Å². The first-order valence-corrected chi connectivity index (χ1v) is 9.14. The van der Waals surface area contributed by atoms with E-state index in [-0.39, 0.29) is 17.4 Å². The topological polar surface area (TPSA) is 118 Å². The molecule has 0 aliphatic carbocycles. The smallest absolute Gasteiger partial charge is 0.405 e. The lowest BCUT2D eigenvalue weighted by Crippen LogP contribution is -2.16. The lowest BCUT2D eigenvalue weighted by Gasteiger charge is -2.06. The second-order valence-corrected chi connectivity index (χ2v) is 7.15. The third kappa shape index (κ3) is 3.92. The molecule has 4 N–H and O–H groups in total. The van der Waals surface area contributed by atoms with Crippen LogP contribution in [0.1, 0.15) is 11.1 Å². The maximum absolute atomic E-state index is 12.4. The monoisotopic (exact) mass is 421 g/mol. The van der Waals surface area contributed by atoms with Crippen LogP contribution >= 0.6 is 11.3 Å². The summed E-state index contributed by atoms with van der Waals surface area (Å²) in [7, 11) is 0. The number of nitrogens with two attached hydrogens (primary N) is 2. The summed E-state index contributed by atoms with van der Waals surface area (Å²) >= 11 is 1.02. The maximum Gasteiger partial charge on any atom is 0.573 e. The molecule has 0 saturated carbocycles. The standard InChI is InChI=1S/C17H14F3N7OS/c1-8-4-9(2-3-11(8)21)6-27-15-14(25-26-27)13(23-16(22)24-15)12-5-10(7-29-12)28-17(18,19)20/h2-5,7H,6,21H2,1H3,(H2,22,23,24). The summed E-state index contributed by atoms with van der Waals surface area (Å²) in [6.45, 7) is 2.26. The number of rotatable bonds is 4. The van der Waals surface area contributed by atoms with Crippen LogP contribution in [-0.2, 0) is 6.54 Å². The first kappa shape index (κ1) is 18.9. The summed E-state index contributed by atoms with van der Waals surface area (Å²) in [6, 6.07) is 6.81. The van der Waals surface area contributed by atoms with Crippen molar-refractivity contribution in [2.45, 2.75) is 19.8 Å². The van der Waals surface area contributed by atoms with Gasteiger partial charge in [-0.3, -0.25) is 0 Å². The summed E-state index contributed by atoms with van der Waals surface area (Å²) in [4.78, 5) is 8.73. The Morgan fingerprint density at radius 1 is 1.17 bits per heavy atom. The second kappa shape index (κ2) is 6.88. The van der Waals surface area contributed by atoms with Crippen molar-refractivity contribution in [2.75, 3.05) is 11.5 Å². The Balaban J connectivity index is 1.73. The molecular weight excluding hydrogens is 407 g/mol. The molecule has 0 amide bonds. The minimum Gasteiger partial charge on any atom is -0.405 e. The average molecular weight is 421 g/mol. The van der Waals surface area contributed by atoms with Crippen LogP contribution < -0.4 is 16.2 Å². The molecule has 0 saturated heterocycles. The Hall–Kier alpha value is -3.41. The highest BCUT2D eigenvalue weighted by molar-refractivity contribution is 7.13. The summed E-state index contributed by atoms with van der Waals surface area (Å²) in [5.74, 6) is -0.385. The van der Waals surface area contributed by atoms with E-state index >= 15 is 0 Å². The van der Waals surface area contributed by atoms with Gasteiger partial charge in [-0.15, -0.1) is 29.6 Å². The predicted molar refractivity (Wildman–Crippen MR) is 102 cm³/mol. The van der Waals surface area contributed by atoms with Crippen molar-refractivity contribution in [3.8, 4) is 16.3 Å². The molecule has 12 heteroatoms. The average Bonchev–Trinajstić information content (AvgIpc) is 3.23. The number of nitrogens with zero attached hydrogens (tertiary/aromatic N) is 5. The molecular formula is C17H14F3N7OS. The molecule has 0 unspecified atom stereocenters. The van der Waals surface area contributed by atoms with Gasteiger partial charge < -0.3 is 16.2 Å². The maximum atomic E-state index is 12.4. The van der Waals surface area contributed by atoms with E-state index in [2.05, 4.69) is 25.0 Å². The number of alkyl halides is 3. The molecule has 1 aromatic carbocycles. The van der Waals surface area contributed by atoms with Gasteiger partial charge in [0.05, 0.1) is 11.4 Å². The van der Waals surface area contributed by atoms with E-state index in [0.717, 1.165) is 22.5 Å². The predicted octanol–water partition coefficient (Wildman–Crippen LogP) is 3.37. The normalized spacial score (nSPS) is 11.9. The van der Waals surface area contributed by atoms with Crippen molar-refractivity contribution in [2.24, 2.45) is 0 Å². The van der Waals surface area contributed by atoms with Crippen LogP contribution in [0.15, 0.2) is 29.6 Å². The number of thiophene rings is 1. The summed E-state index contributed by atoms with van der Waals surface area (Å²) in [5.41, 5.74) is 15.2. The Morgan fingerprint density at radius 2 is 1.97 bits per heavy atom. The van der Waals surface area contributed by atoms with Crippen molar-refractivity contribution in [1.29, 1.82) is 0 Å². The molecule has 0 aliphatic heterocycles. The van der Waals surface area contributed by atoms with Gasteiger partial charge in [0.1, 0.15) is 11.4 Å². The van der Waals surface area contributed by atoms with E-state index in [1.807, 2.05) is 19.1 Å². The fraction of sp³-hybridized carbons (Fsp3) is 0.176. The van der Waals surface area contributed by atoms with Gasteiger partial charge in [0, 0.05) is 17.1 Å². The van der Waals surface area contributed by atoms with Gasteiger partial charge in [0.15, 0.2) is 11.2 Å². The zero-order chi connectivity index (χ0) is 20.8. The number of aromatic nitrogens is 5. The second-order valence-electron chi connectivity index (χ2n) is 6.24. The van der Waals surface area contributed by atoms with Gasteiger partial charge in [0.25, 0.3) is 0 Å².